The Bertz CT molecular complexity index is 744. The van der Waals surface area contributed by atoms with Gasteiger partial charge in [0.2, 0.25) is 15.9 Å². The normalized spacial score (nSPS) is 11.4. The van der Waals surface area contributed by atoms with Crippen LogP contribution in [0.3, 0.4) is 0 Å². The van der Waals surface area contributed by atoms with E-state index in [0.717, 1.165) is 21.6 Å². The van der Waals surface area contributed by atoms with Gasteiger partial charge in [-0.15, -0.1) is 16.4 Å². The van der Waals surface area contributed by atoms with E-state index in [1.807, 2.05) is 13.8 Å². The van der Waals surface area contributed by atoms with Gasteiger partial charge in [0.05, 0.1) is 18.1 Å². The molecule has 0 fully saturated rings. The Labute approximate surface area is 125 Å². The van der Waals surface area contributed by atoms with Crippen molar-refractivity contribution in [2.45, 2.75) is 20.4 Å². The van der Waals surface area contributed by atoms with Crippen molar-refractivity contribution in [2.24, 2.45) is 0 Å². The van der Waals surface area contributed by atoms with E-state index in [9.17, 15) is 13.2 Å². The maximum absolute atomic E-state index is 11.8. The zero-order valence-corrected chi connectivity index (χ0v) is 13.2. The number of carbonyl (C=O) groups excluding carboxylic acids is 1. The average Bonchev–Trinajstić information content (AvgIpc) is 2.84. The van der Waals surface area contributed by atoms with Crippen LogP contribution in [0.5, 0.6) is 0 Å². The van der Waals surface area contributed by atoms with Crippen molar-refractivity contribution in [1.29, 1.82) is 0 Å². The second-order valence-corrected chi connectivity index (χ2v) is 7.29. The summed E-state index contributed by atoms with van der Waals surface area (Å²) in [5.74, 6) is -0.281. The molecular weight excluding hydrogens is 316 g/mol. The van der Waals surface area contributed by atoms with Crippen molar-refractivity contribution >= 4 is 38.2 Å². The molecule has 2 N–H and O–H groups in total. The van der Waals surface area contributed by atoms with E-state index in [0.29, 0.717) is 5.13 Å². The average molecular weight is 330 g/mol. The van der Waals surface area contributed by atoms with Crippen LogP contribution in [0.25, 0.3) is 0 Å². The van der Waals surface area contributed by atoms with Crippen LogP contribution >= 0.6 is 11.3 Å². The number of aryl methyl sites for hydroxylation is 2. The number of thiazole rings is 1. The lowest BCUT2D eigenvalue weighted by molar-refractivity contribution is -0.117. The molecule has 0 aromatic carbocycles. The van der Waals surface area contributed by atoms with E-state index in [2.05, 4.69) is 25.2 Å². The van der Waals surface area contributed by atoms with Crippen LogP contribution in [-0.4, -0.2) is 40.6 Å². The molecule has 21 heavy (non-hydrogen) atoms. The monoisotopic (exact) mass is 330 g/mol. The van der Waals surface area contributed by atoms with E-state index in [-0.39, 0.29) is 18.3 Å². The second-order valence-electron chi connectivity index (χ2n) is 4.34. The van der Waals surface area contributed by atoms with Crippen LogP contribution in [0.1, 0.15) is 10.6 Å². The summed E-state index contributed by atoms with van der Waals surface area (Å²) in [5, 5.41) is 10.8. The predicted molar refractivity (Wildman–Crippen MR) is 78.7 cm³/mol. The van der Waals surface area contributed by atoms with E-state index in [1.54, 1.807) is 0 Å². The SMILES string of the molecule is Cc1nc(NC(=O)Cn2ncc(NS(C)(=O)=O)n2)sc1C. The van der Waals surface area contributed by atoms with Crippen molar-refractivity contribution in [1.82, 2.24) is 20.0 Å². The molecule has 2 aromatic heterocycles. The summed E-state index contributed by atoms with van der Waals surface area (Å²) in [6.07, 6.45) is 2.23. The molecule has 0 saturated heterocycles. The maximum atomic E-state index is 11.8. The molecule has 0 aliphatic carbocycles. The first-order valence-corrected chi connectivity index (χ1v) is 8.55. The Morgan fingerprint density at radius 3 is 2.71 bits per heavy atom. The third-order valence-electron chi connectivity index (χ3n) is 2.39. The molecule has 114 valence electrons. The van der Waals surface area contributed by atoms with Crippen LogP contribution in [0.15, 0.2) is 6.20 Å². The van der Waals surface area contributed by atoms with Crippen LogP contribution in [0.4, 0.5) is 10.9 Å². The molecule has 0 atom stereocenters. The molecule has 2 heterocycles. The van der Waals surface area contributed by atoms with Gasteiger partial charge in [-0.1, -0.05) is 0 Å². The summed E-state index contributed by atoms with van der Waals surface area (Å²) in [6, 6.07) is 0. The molecule has 0 bridgehead atoms. The number of anilines is 2. The number of nitrogens with zero attached hydrogens (tertiary/aromatic N) is 4. The summed E-state index contributed by atoms with van der Waals surface area (Å²) in [4.78, 5) is 18.1. The zero-order valence-electron chi connectivity index (χ0n) is 11.6. The van der Waals surface area contributed by atoms with E-state index in [1.165, 1.54) is 17.5 Å². The predicted octanol–water partition coefficient (Wildman–Crippen LogP) is 0.362. The van der Waals surface area contributed by atoms with Gasteiger partial charge in [-0.25, -0.2) is 13.4 Å². The third kappa shape index (κ3) is 4.49. The highest BCUT2D eigenvalue weighted by Gasteiger charge is 2.11. The molecule has 0 unspecified atom stereocenters. The van der Waals surface area contributed by atoms with Gasteiger partial charge in [0.25, 0.3) is 0 Å². The molecule has 0 aliphatic rings. The lowest BCUT2D eigenvalue weighted by Crippen LogP contribution is -2.20. The van der Waals surface area contributed by atoms with Crippen LogP contribution in [0, 0.1) is 13.8 Å². The third-order valence-corrected chi connectivity index (χ3v) is 3.95. The van der Waals surface area contributed by atoms with Gasteiger partial charge < -0.3 is 5.32 Å². The first-order valence-electron chi connectivity index (χ1n) is 5.85. The highest BCUT2D eigenvalue weighted by atomic mass is 32.2. The number of sulfonamides is 1. The fourth-order valence-corrected chi connectivity index (χ4v) is 2.73. The summed E-state index contributed by atoms with van der Waals surface area (Å²) < 4.78 is 24.2. The van der Waals surface area contributed by atoms with Gasteiger partial charge in [-0.2, -0.15) is 9.90 Å². The van der Waals surface area contributed by atoms with Gasteiger partial charge in [-0.3, -0.25) is 9.52 Å². The van der Waals surface area contributed by atoms with Crippen molar-refractivity contribution in [3.8, 4) is 0 Å². The van der Waals surface area contributed by atoms with E-state index < -0.39 is 10.0 Å². The Kier molecular flexibility index (Phi) is 4.23. The maximum Gasteiger partial charge on any atom is 0.249 e. The first kappa shape index (κ1) is 15.4. The van der Waals surface area contributed by atoms with Gasteiger partial charge in [0.1, 0.15) is 6.54 Å². The number of rotatable bonds is 5. The summed E-state index contributed by atoms with van der Waals surface area (Å²) in [6.45, 7) is 3.64. The van der Waals surface area contributed by atoms with Crippen LogP contribution in [0.2, 0.25) is 0 Å². The lowest BCUT2D eigenvalue weighted by atomic mass is 10.4. The van der Waals surface area contributed by atoms with Crippen molar-refractivity contribution in [2.75, 3.05) is 16.3 Å². The van der Waals surface area contributed by atoms with E-state index >= 15 is 0 Å². The minimum absolute atomic E-state index is 0.0613. The fraction of sp³-hybridized carbons (Fsp3) is 0.400. The van der Waals surface area contributed by atoms with Gasteiger partial charge >= 0.3 is 0 Å². The van der Waals surface area contributed by atoms with Crippen LogP contribution in [-0.2, 0) is 21.4 Å². The van der Waals surface area contributed by atoms with Gasteiger partial charge in [0, 0.05) is 4.88 Å². The number of hydrogen-bond acceptors (Lipinski definition) is 7. The summed E-state index contributed by atoms with van der Waals surface area (Å²) in [7, 11) is -3.42. The molecule has 2 aromatic rings. The fourth-order valence-electron chi connectivity index (χ4n) is 1.42. The number of hydrogen-bond donors (Lipinski definition) is 2. The largest absolute Gasteiger partial charge is 0.300 e. The number of aromatic nitrogens is 4. The molecule has 0 saturated carbocycles. The lowest BCUT2D eigenvalue weighted by Gasteiger charge is -2.00. The highest BCUT2D eigenvalue weighted by molar-refractivity contribution is 7.92. The number of nitrogens with one attached hydrogen (secondary N) is 2. The van der Waals surface area contributed by atoms with Crippen LogP contribution < -0.4 is 10.0 Å². The molecule has 2 rings (SSSR count). The van der Waals surface area contributed by atoms with Crippen molar-refractivity contribution in [3.63, 3.8) is 0 Å². The number of carbonyl (C=O) groups is 1. The quantitative estimate of drug-likeness (QED) is 0.817. The zero-order chi connectivity index (χ0) is 15.6. The molecule has 9 nitrogen and oxygen atoms in total. The van der Waals surface area contributed by atoms with E-state index in [4.69, 9.17) is 0 Å². The highest BCUT2D eigenvalue weighted by Crippen LogP contribution is 2.20. The van der Waals surface area contributed by atoms with Gasteiger partial charge in [-0.05, 0) is 13.8 Å². The Morgan fingerprint density at radius 1 is 1.43 bits per heavy atom. The Balaban J connectivity index is 1.97. The smallest absolute Gasteiger partial charge is 0.249 e. The Hall–Kier alpha value is -2.01. The Morgan fingerprint density at radius 2 is 2.14 bits per heavy atom. The van der Waals surface area contributed by atoms with Crippen molar-refractivity contribution in [3.05, 3.63) is 16.8 Å². The summed E-state index contributed by atoms with van der Waals surface area (Å²) >= 11 is 1.38. The second kappa shape index (κ2) is 5.77. The van der Waals surface area contributed by atoms with Crippen molar-refractivity contribution < 1.29 is 13.2 Å². The minimum Gasteiger partial charge on any atom is -0.300 e. The molecule has 0 aliphatic heterocycles. The number of amides is 1. The van der Waals surface area contributed by atoms with Gasteiger partial charge in [0.15, 0.2) is 10.9 Å². The summed E-state index contributed by atoms with van der Waals surface area (Å²) in [5.41, 5.74) is 0.868. The molecule has 11 heteroatoms. The first-order chi connectivity index (χ1) is 9.73. The molecule has 1 amide bonds. The topological polar surface area (TPSA) is 119 Å². The molecule has 0 spiro atoms. The standard InChI is InChI=1S/C10H14N6O3S2/c1-6-7(2)20-10(12-6)13-9(17)5-16-11-4-8(14-16)15-21(3,18)19/h4H,5H2,1-3H3,(H,14,15)(H,12,13,17). The molecular formula is C10H14N6O3S2. The molecule has 0 radical (unpaired) electrons. The minimum atomic E-state index is -3.42.